The summed E-state index contributed by atoms with van der Waals surface area (Å²) in [5.41, 5.74) is 3.88. The van der Waals surface area contributed by atoms with E-state index >= 15 is 0 Å². The van der Waals surface area contributed by atoms with E-state index in [1.165, 1.54) is 4.90 Å². The lowest BCUT2D eigenvalue weighted by Crippen LogP contribution is -2.39. The number of rotatable bonds is 4. The predicted molar refractivity (Wildman–Crippen MR) is 108 cm³/mol. The highest BCUT2D eigenvalue weighted by Crippen LogP contribution is 2.60. The second-order valence-corrected chi connectivity index (χ2v) is 9.27. The molecule has 3 aliphatic rings. The van der Waals surface area contributed by atoms with Gasteiger partial charge in [-0.1, -0.05) is 23.7 Å². The number of amides is 1. The summed E-state index contributed by atoms with van der Waals surface area (Å²) in [6.07, 6.45) is 5.86. The fraction of sp³-hybridized carbons (Fsp3) is 0.409. The van der Waals surface area contributed by atoms with Crippen LogP contribution in [0.3, 0.4) is 0 Å². The number of hydrogen-bond donors (Lipinski definition) is 0. The van der Waals surface area contributed by atoms with Gasteiger partial charge in [-0.2, -0.15) is 5.10 Å². The summed E-state index contributed by atoms with van der Waals surface area (Å²) in [6, 6.07) is 7.83. The summed E-state index contributed by atoms with van der Waals surface area (Å²) in [7, 11) is 0. The number of carbonyl (C=O) groups is 1. The monoisotopic (exact) mass is 428 g/mol. The molecule has 1 spiro atoms. The number of imidazole rings is 1. The number of halogens is 3. The lowest BCUT2D eigenvalue weighted by Gasteiger charge is -2.22. The van der Waals surface area contributed by atoms with Gasteiger partial charge >= 0.3 is 0 Å². The molecule has 0 N–H and O–H groups in total. The molecule has 3 aromatic rings. The number of anilines is 1. The van der Waals surface area contributed by atoms with E-state index < -0.39 is 17.9 Å². The number of benzene rings is 1. The van der Waals surface area contributed by atoms with Crippen LogP contribution in [0.15, 0.2) is 36.7 Å². The second kappa shape index (κ2) is 5.78. The molecule has 2 atom stereocenters. The van der Waals surface area contributed by atoms with Gasteiger partial charge < -0.3 is 4.90 Å². The van der Waals surface area contributed by atoms with Gasteiger partial charge in [0, 0.05) is 30.6 Å². The maximum Gasteiger partial charge on any atom is 0.263 e. The Labute approximate surface area is 176 Å². The van der Waals surface area contributed by atoms with E-state index in [-0.39, 0.29) is 17.7 Å². The number of alkyl halides is 2. The number of hydrogen-bond acceptors (Lipinski definition) is 3. The average molecular weight is 429 g/mol. The first-order valence-corrected chi connectivity index (χ1v) is 10.5. The number of fused-ring (bicyclic) bond motifs is 3. The molecular formula is C22H19ClF2N4O. The van der Waals surface area contributed by atoms with Crippen LogP contribution < -0.4 is 4.90 Å². The van der Waals surface area contributed by atoms with Crippen molar-refractivity contribution in [1.29, 1.82) is 0 Å². The molecule has 0 unspecified atom stereocenters. The normalized spacial score (nSPS) is 24.0. The van der Waals surface area contributed by atoms with Crippen molar-refractivity contribution in [2.45, 2.75) is 49.4 Å². The Morgan fingerprint density at radius 1 is 1.27 bits per heavy atom. The van der Waals surface area contributed by atoms with Crippen molar-refractivity contribution >= 4 is 28.8 Å². The van der Waals surface area contributed by atoms with Crippen LogP contribution in [0.2, 0.25) is 5.15 Å². The van der Waals surface area contributed by atoms with Crippen LogP contribution >= 0.6 is 11.6 Å². The van der Waals surface area contributed by atoms with Gasteiger partial charge in [0.15, 0.2) is 5.65 Å². The first-order valence-electron chi connectivity index (χ1n) is 10.1. The van der Waals surface area contributed by atoms with Gasteiger partial charge in [0.1, 0.15) is 5.15 Å². The summed E-state index contributed by atoms with van der Waals surface area (Å²) in [4.78, 5) is 18.6. The lowest BCUT2D eigenvalue weighted by atomic mass is 9.95. The third-order valence-corrected chi connectivity index (χ3v) is 6.83. The van der Waals surface area contributed by atoms with Crippen LogP contribution in [0.4, 0.5) is 14.5 Å². The molecule has 2 aliphatic carbocycles. The van der Waals surface area contributed by atoms with Gasteiger partial charge in [-0.3, -0.25) is 4.79 Å². The van der Waals surface area contributed by atoms with Crippen LogP contribution in [0.1, 0.15) is 54.7 Å². The molecule has 30 heavy (non-hydrogen) atoms. The van der Waals surface area contributed by atoms with E-state index in [0.717, 1.165) is 48.5 Å². The topological polar surface area (TPSA) is 50.5 Å². The maximum absolute atomic E-state index is 13.8. The molecule has 1 aromatic carbocycles. The minimum Gasteiger partial charge on any atom is -0.305 e. The zero-order chi connectivity index (χ0) is 20.8. The third-order valence-electron chi connectivity index (χ3n) is 6.64. The highest BCUT2D eigenvalue weighted by Gasteiger charge is 2.60. The second-order valence-electron chi connectivity index (χ2n) is 8.89. The van der Waals surface area contributed by atoms with E-state index in [0.29, 0.717) is 10.8 Å². The summed E-state index contributed by atoms with van der Waals surface area (Å²) >= 11 is 6.18. The molecule has 0 bridgehead atoms. The maximum atomic E-state index is 13.8. The van der Waals surface area contributed by atoms with Gasteiger partial charge in [-0.05, 0) is 54.4 Å². The highest BCUT2D eigenvalue weighted by atomic mass is 35.5. The van der Waals surface area contributed by atoms with E-state index in [1.54, 1.807) is 16.9 Å². The van der Waals surface area contributed by atoms with E-state index in [2.05, 4.69) is 16.1 Å². The predicted octanol–water partition coefficient (Wildman–Crippen LogP) is 4.69. The van der Waals surface area contributed by atoms with Crippen molar-refractivity contribution in [1.82, 2.24) is 14.6 Å². The molecule has 0 saturated heterocycles. The Kier molecular flexibility index (Phi) is 3.52. The standard InChI is InChI=1S/C22H19ClF2N4O/c1-21(24,25)11-28-17-8-12(2-3-16(17)22(4-5-22)20(28)30)13-9-14(13)15-10-18(23)27-29-7-6-26-19(15)29/h2-3,6-8,10,13-14H,4-5,9,11H2,1H3/t13-,14+/m1/s1. The smallest absolute Gasteiger partial charge is 0.263 e. The largest absolute Gasteiger partial charge is 0.305 e. The average Bonchev–Trinajstić information content (AvgIpc) is 3.59. The quantitative estimate of drug-likeness (QED) is 0.606. The van der Waals surface area contributed by atoms with Gasteiger partial charge in [0.2, 0.25) is 5.91 Å². The molecule has 5 nitrogen and oxygen atoms in total. The van der Waals surface area contributed by atoms with Crippen LogP contribution in [0.25, 0.3) is 5.65 Å². The van der Waals surface area contributed by atoms with Crippen molar-refractivity contribution in [3.8, 4) is 0 Å². The summed E-state index contributed by atoms with van der Waals surface area (Å²) in [5.74, 6) is -2.64. The van der Waals surface area contributed by atoms with Crippen LogP contribution in [0, 0.1) is 0 Å². The SMILES string of the molecule is CC(F)(F)CN1C(=O)C2(CC2)c2ccc([C@H]3C[C@@H]3c3cc(Cl)nn4ccnc34)cc21. The van der Waals surface area contributed by atoms with E-state index in [4.69, 9.17) is 11.6 Å². The lowest BCUT2D eigenvalue weighted by molar-refractivity contribution is -0.121. The fourth-order valence-corrected chi connectivity index (χ4v) is 5.22. The summed E-state index contributed by atoms with van der Waals surface area (Å²) in [6.45, 7) is 0.286. The van der Waals surface area contributed by atoms with Crippen molar-refractivity contribution in [3.63, 3.8) is 0 Å². The van der Waals surface area contributed by atoms with Gasteiger partial charge in [-0.15, -0.1) is 0 Å². The molecule has 0 radical (unpaired) electrons. The molecule has 2 saturated carbocycles. The Bertz CT molecular complexity index is 1210. The highest BCUT2D eigenvalue weighted by molar-refractivity contribution is 6.29. The molecule has 154 valence electrons. The van der Waals surface area contributed by atoms with Crippen molar-refractivity contribution < 1.29 is 13.6 Å². The fourth-order valence-electron chi connectivity index (χ4n) is 5.02. The van der Waals surface area contributed by atoms with Gasteiger partial charge in [0.25, 0.3) is 5.92 Å². The van der Waals surface area contributed by atoms with E-state index in [1.807, 2.05) is 18.2 Å². The molecule has 3 heterocycles. The Hall–Kier alpha value is -2.54. The zero-order valence-corrected chi connectivity index (χ0v) is 17.0. The van der Waals surface area contributed by atoms with Crippen molar-refractivity contribution in [2.24, 2.45) is 0 Å². The first-order chi connectivity index (χ1) is 14.3. The van der Waals surface area contributed by atoms with Gasteiger partial charge in [-0.25, -0.2) is 18.3 Å². The minimum absolute atomic E-state index is 0.177. The van der Waals surface area contributed by atoms with Crippen molar-refractivity contribution in [3.05, 3.63) is 58.5 Å². The van der Waals surface area contributed by atoms with Crippen LogP contribution in [-0.2, 0) is 10.2 Å². The van der Waals surface area contributed by atoms with Crippen LogP contribution in [-0.4, -0.2) is 33.0 Å². The minimum atomic E-state index is -2.94. The molecule has 2 fully saturated rings. The molecule has 2 aromatic heterocycles. The van der Waals surface area contributed by atoms with Crippen molar-refractivity contribution in [2.75, 3.05) is 11.4 Å². The molecule has 1 aliphatic heterocycles. The number of nitrogens with zero attached hydrogens (tertiary/aromatic N) is 4. The van der Waals surface area contributed by atoms with E-state index in [9.17, 15) is 13.6 Å². The number of aromatic nitrogens is 3. The Morgan fingerprint density at radius 2 is 2.07 bits per heavy atom. The number of carbonyl (C=O) groups excluding carboxylic acids is 1. The zero-order valence-electron chi connectivity index (χ0n) is 16.3. The molecule has 1 amide bonds. The molecule has 6 rings (SSSR count). The first kappa shape index (κ1) is 18.2. The summed E-state index contributed by atoms with van der Waals surface area (Å²) < 4.78 is 29.3. The summed E-state index contributed by atoms with van der Waals surface area (Å²) in [5, 5.41) is 4.64. The Morgan fingerprint density at radius 3 is 2.80 bits per heavy atom. The van der Waals surface area contributed by atoms with Crippen LogP contribution in [0.5, 0.6) is 0 Å². The molecular weight excluding hydrogens is 410 g/mol. The molecule has 8 heteroatoms. The third kappa shape index (κ3) is 2.61. The Balaban J connectivity index is 1.36. The van der Waals surface area contributed by atoms with Gasteiger partial charge in [0.05, 0.1) is 12.0 Å².